The van der Waals surface area contributed by atoms with Crippen molar-refractivity contribution in [3.05, 3.63) is 81.4 Å². The van der Waals surface area contributed by atoms with E-state index in [2.05, 4.69) is 63.2 Å². The lowest BCUT2D eigenvalue weighted by molar-refractivity contribution is -0.129. The molecule has 3 unspecified atom stereocenters. The summed E-state index contributed by atoms with van der Waals surface area (Å²) in [6, 6.07) is 16.3. The first-order chi connectivity index (χ1) is 21.3. The van der Waals surface area contributed by atoms with E-state index in [0.29, 0.717) is 6.42 Å². The van der Waals surface area contributed by atoms with Gasteiger partial charge in [0.2, 0.25) is 0 Å². The quantitative estimate of drug-likeness (QED) is 0.210. The number of Topliss-reactive ketones (excluding diaryl/α,β-unsaturated/α-hetero) is 3. The highest BCUT2D eigenvalue weighted by Gasteiger charge is 2.35. The average Bonchev–Trinajstić information content (AvgIpc) is 3.66. The summed E-state index contributed by atoms with van der Waals surface area (Å²) in [5.74, 6) is 0.553. The first kappa shape index (κ1) is 30.7. The monoisotopic (exact) mass is 588 g/mol. The molecule has 0 bridgehead atoms. The minimum Gasteiger partial charge on any atom is -0.300 e. The van der Waals surface area contributed by atoms with Gasteiger partial charge in [-0.15, -0.1) is 0 Å². The molecule has 0 radical (unpaired) electrons. The highest BCUT2D eigenvalue weighted by Crippen LogP contribution is 2.44. The molecule has 0 aromatic heterocycles. The van der Waals surface area contributed by atoms with Crippen LogP contribution in [-0.4, -0.2) is 17.3 Å². The summed E-state index contributed by atoms with van der Waals surface area (Å²) in [6.07, 6.45) is 12.0. The van der Waals surface area contributed by atoms with Crippen LogP contribution in [0.5, 0.6) is 0 Å². The maximum atomic E-state index is 14.2. The first-order valence-electron chi connectivity index (χ1n) is 17.2. The van der Waals surface area contributed by atoms with E-state index in [0.717, 1.165) is 68.9 Å². The van der Waals surface area contributed by atoms with Gasteiger partial charge in [0, 0.05) is 17.9 Å². The van der Waals surface area contributed by atoms with Crippen LogP contribution < -0.4 is 0 Å². The van der Waals surface area contributed by atoms with Crippen LogP contribution in [0.15, 0.2) is 42.5 Å². The smallest absolute Gasteiger partial charge is 0.163 e. The molecule has 44 heavy (non-hydrogen) atoms. The van der Waals surface area contributed by atoms with E-state index < -0.39 is 0 Å². The van der Waals surface area contributed by atoms with Crippen molar-refractivity contribution in [1.29, 1.82) is 0 Å². The number of hydrogen-bond acceptors (Lipinski definition) is 3. The minimum absolute atomic E-state index is 0.0261. The number of fused-ring (bicyclic) bond motifs is 3. The van der Waals surface area contributed by atoms with Gasteiger partial charge < -0.3 is 0 Å². The van der Waals surface area contributed by atoms with E-state index >= 15 is 0 Å². The summed E-state index contributed by atoms with van der Waals surface area (Å²) < 4.78 is 0. The van der Waals surface area contributed by atoms with Crippen molar-refractivity contribution in [2.75, 3.05) is 0 Å². The van der Waals surface area contributed by atoms with Crippen LogP contribution >= 0.6 is 0 Å². The van der Waals surface area contributed by atoms with Crippen LogP contribution in [0.3, 0.4) is 0 Å². The number of carbonyl (C=O) groups excluding carboxylic acids is 3. The number of ketones is 3. The lowest BCUT2D eigenvalue weighted by Crippen LogP contribution is -2.30. The van der Waals surface area contributed by atoms with Gasteiger partial charge in [-0.05, 0) is 145 Å². The van der Waals surface area contributed by atoms with Gasteiger partial charge in [0.1, 0.15) is 11.6 Å². The molecule has 0 saturated heterocycles. The van der Waals surface area contributed by atoms with Crippen LogP contribution in [0.1, 0.15) is 116 Å². The van der Waals surface area contributed by atoms with Crippen molar-refractivity contribution in [1.82, 2.24) is 0 Å². The van der Waals surface area contributed by atoms with Gasteiger partial charge >= 0.3 is 0 Å². The Labute approximate surface area is 263 Å². The maximum Gasteiger partial charge on any atom is 0.163 e. The van der Waals surface area contributed by atoms with Gasteiger partial charge in [0.15, 0.2) is 5.78 Å². The molecular weight excluding hydrogens is 540 g/mol. The number of hydrogen-bond donors (Lipinski definition) is 0. The largest absolute Gasteiger partial charge is 0.300 e. The lowest BCUT2D eigenvalue weighted by atomic mass is 9.70. The van der Waals surface area contributed by atoms with Crippen molar-refractivity contribution < 1.29 is 14.4 Å². The van der Waals surface area contributed by atoms with Gasteiger partial charge in [0.05, 0.1) is 6.42 Å². The van der Waals surface area contributed by atoms with Crippen molar-refractivity contribution in [3.8, 4) is 22.3 Å². The highest BCUT2D eigenvalue weighted by atomic mass is 16.1. The summed E-state index contributed by atoms with van der Waals surface area (Å²) in [5.41, 5.74) is 13.9. The van der Waals surface area contributed by atoms with Crippen molar-refractivity contribution in [2.24, 2.45) is 17.8 Å². The van der Waals surface area contributed by atoms with E-state index in [4.69, 9.17) is 0 Å². The fourth-order valence-electron chi connectivity index (χ4n) is 8.84. The Morgan fingerprint density at radius 2 is 1.43 bits per heavy atom. The van der Waals surface area contributed by atoms with Crippen molar-refractivity contribution in [2.45, 2.75) is 111 Å². The Balaban J connectivity index is 1.41. The van der Waals surface area contributed by atoms with Crippen LogP contribution in [-0.2, 0) is 41.7 Å². The number of benzene rings is 3. The molecule has 0 spiro atoms. The zero-order valence-electron chi connectivity index (χ0n) is 27.2. The molecule has 0 N–H and O–H groups in total. The Morgan fingerprint density at radius 3 is 2.02 bits per heavy atom. The second-order valence-corrected chi connectivity index (χ2v) is 14.0. The Kier molecular flexibility index (Phi) is 9.03. The molecule has 0 amide bonds. The summed E-state index contributed by atoms with van der Waals surface area (Å²) in [5, 5.41) is 0. The molecule has 6 rings (SSSR count). The number of carbonyl (C=O) groups is 3. The van der Waals surface area contributed by atoms with E-state index in [1.54, 1.807) is 0 Å². The van der Waals surface area contributed by atoms with Crippen LogP contribution in [0, 0.1) is 24.7 Å². The third-order valence-corrected chi connectivity index (χ3v) is 10.9. The standard InChI is InChI=1S/C41H48O3/c1-5-9-32(35(6-2)39(43)18-25(3)42)19-27-20-38-37(34-17-15-29-11-8-13-31(29)23-34)24-36(26(4)41(38)40(44)21-27)33-16-14-28-10-7-12-30(28)22-33/h14-17,22-24,27,32,35H,5-13,18-21H2,1-4H3. The van der Waals surface area contributed by atoms with Gasteiger partial charge in [-0.3, -0.25) is 14.4 Å². The van der Waals surface area contributed by atoms with E-state index in [1.807, 2.05) is 0 Å². The number of rotatable bonds is 11. The molecule has 3 aliphatic rings. The van der Waals surface area contributed by atoms with Gasteiger partial charge in [-0.2, -0.15) is 0 Å². The zero-order valence-corrected chi connectivity index (χ0v) is 27.2. The Hall–Kier alpha value is -3.33. The fourth-order valence-corrected chi connectivity index (χ4v) is 8.84. The van der Waals surface area contributed by atoms with Crippen LogP contribution in [0.25, 0.3) is 22.3 Å². The summed E-state index contributed by atoms with van der Waals surface area (Å²) >= 11 is 0. The van der Waals surface area contributed by atoms with Gasteiger partial charge in [-0.25, -0.2) is 0 Å². The van der Waals surface area contributed by atoms with Crippen LogP contribution in [0.4, 0.5) is 0 Å². The Bertz CT molecular complexity index is 1610. The molecular formula is C41H48O3. The van der Waals surface area contributed by atoms with E-state index in [1.165, 1.54) is 69.8 Å². The SMILES string of the molecule is CCCC(CC1CC(=O)c2c(C)c(-c3ccc4c(c3)CCC4)cc(-c3ccc4c(c3)CCC4)c2C1)C(CC)C(=O)CC(C)=O. The molecule has 0 heterocycles. The lowest BCUT2D eigenvalue weighted by Gasteiger charge is -2.33. The fraction of sp³-hybridized carbons (Fsp3) is 0.488. The molecule has 3 heteroatoms. The average molecular weight is 589 g/mol. The highest BCUT2D eigenvalue weighted by molar-refractivity contribution is 6.04. The molecule has 0 fully saturated rings. The minimum atomic E-state index is -0.115. The third-order valence-electron chi connectivity index (χ3n) is 10.9. The van der Waals surface area contributed by atoms with Gasteiger partial charge in [0.25, 0.3) is 0 Å². The normalized spacial score (nSPS) is 18.5. The molecule has 3 aromatic rings. The van der Waals surface area contributed by atoms with E-state index in [-0.39, 0.29) is 41.5 Å². The summed E-state index contributed by atoms with van der Waals surface area (Å²) in [6.45, 7) is 7.91. The third kappa shape index (κ3) is 6.00. The van der Waals surface area contributed by atoms with E-state index in [9.17, 15) is 14.4 Å². The number of aryl methyl sites for hydroxylation is 4. The molecule has 0 saturated carbocycles. The second kappa shape index (κ2) is 13.0. The summed E-state index contributed by atoms with van der Waals surface area (Å²) in [4.78, 5) is 39.2. The topological polar surface area (TPSA) is 51.2 Å². The van der Waals surface area contributed by atoms with Crippen LogP contribution in [0.2, 0.25) is 0 Å². The second-order valence-electron chi connectivity index (χ2n) is 14.0. The first-order valence-corrected chi connectivity index (χ1v) is 17.2. The molecule has 3 nitrogen and oxygen atoms in total. The predicted molar refractivity (Wildman–Crippen MR) is 179 cm³/mol. The molecule has 0 aliphatic heterocycles. The molecule has 3 atom stereocenters. The Morgan fingerprint density at radius 1 is 0.818 bits per heavy atom. The molecule has 3 aromatic carbocycles. The van der Waals surface area contributed by atoms with Crippen molar-refractivity contribution in [3.63, 3.8) is 0 Å². The zero-order chi connectivity index (χ0) is 31.0. The molecule has 230 valence electrons. The van der Waals surface area contributed by atoms with Gasteiger partial charge in [-0.1, -0.05) is 63.1 Å². The molecule has 3 aliphatic carbocycles. The summed E-state index contributed by atoms with van der Waals surface area (Å²) in [7, 11) is 0. The maximum absolute atomic E-state index is 14.2. The predicted octanol–water partition coefficient (Wildman–Crippen LogP) is 9.43. The van der Waals surface area contributed by atoms with Crippen molar-refractivity contribution >= 4 is 17.3 Å².